The fourth-order valence-corrected chi connectivity index (χ4v) is 3.53. The molecule has 0 bridgehead atoms. The van der Waals surface area contributed by atoms with Crippen LogP contribution in [0.1, 0.15) is 43.4 Å². The van der Waals surface area contributed by atoms with Gasteiger partial charge in [-0.05, 0) is 34.7 Å². The summed E-state index contributed by atoms with van der Waals surface area (Å²) in [4.78, 5) is 4.05. The van der Waals surface area contributed by atoms with Crippen molar-refractivity contribution in [2.24, 2.45) is 5.41 Å². The molecule has 130 valence electrons. The van der Waals surface area contributed by atoms with Gasteiger partial charge in [-0.1, -0.05) is 56.6 Å². The molecule has 0 saturated carbocycles. The molecule has 1 aromatic carbocycles. The quantitative estimate of drug-likeness (QED) is 0.799. The van der Waals surface area contributed by atoms with Crippen LogP contribution in [-0.4, -0.2) is 23.2 Å². The smallest absolute Gasteiger partial charge is 0.129 e. The molecule has 0 amide bonds. The topological polar surface area (TPSA) is 45.2 Å². The first-order valence-electron chi connectivity index (χ1n) is 8.02. The predicted molar refractivity (Wildman–Crippen MR) is 101 cm³/mol. The Bertz CT molecular complexity index is 699. The second-order valence-electron chi connectivity index (χ2n) is 7.02. The van der Waals surface area contributed by atoms with E-state index in [9.17, 15) is 5.11 Å². The molecule has 2 heterocycles. The van der Waals surface area contributed by atoms with Gasteiger partial charge in [0.2, 0.25) is 0 Å². The van der Waals surface area contributed by atoms with Crippen LogP contribution in [-0.2, 0) is 5.60 Å². The summed E-state index contributed by atoms with van der Waals surface area (Å²) in [5, 5.41) is 15.4. The van der Waals surface area contributed by atoms with Crippen LogP contribution >= 0.6 is 24.0 Å². The molecule has 2 aromatic rings. The van der Waals surface area contributed by atoms with E-state index in [4.69, 9.17) is 11.6 Å². The standard InChI is InChI=1S/C19H23ClN2O.ClH/c1-13(2)14-4-6-15(7-5-14)19(23,18(3)11-21-12-18)16-8-9-22-17(20)10-16;/h4-10,13,21,23H,11-12H2,1-3H3;1H. The fraction of sp³-hybridized carbons (Fsp3) is 0.421. The monoisotopic (exact) mass is 366 g/mol. The van der Waals surface area contributed by atoms with E-state index in [-0.39, 0.29) is 17.8 Å². The number of pyridine rings is 1. The van der Waals surface area contributed by atoms with Crippen molar-refractivity contribution >= 4 is 24.0 Å². The van der Waals surface area contributed by atoms with Crippen LogP contribution in [0, 0.1) is 5.41 Å². The second-order valence-corrected chi connectivity index (χ2v) is 7.41. The van der Waals surface area contributed by atoms with Crippen LogP contribution in [0.2, 0.25) is 5.15 Å². The van der Waals surface area contributed by atoms with Gasteiger partial charge in [0.05, 0.1) is 0 Å². The Morgan fingerprint density at radius 1 is 1.17 bits per heavy atom. The first-order chi connectivity index (χ1) is 10.9. The number of aromatic nitrogens is 1. The Hall–Kier alpha value is -1.13. The maximum absolute atomic E-state index is 11.8. The van der Waals surface area contributed by atoms with E-state index in [0.29, 0.717) is 11.1 Å². The molecule has 1 aliphatic rings. The molecule has 1 unspecified atom stereocenters. The number of aliphatic hydroxyl groups is 1. The summed E-state index contributed by atoms with van der Waals surface area (Å²) < 4.78 is 0. The third-order valence-corrected chi connectivity index (χ3v) is 5.25. The Morgan fingerprint density at radius 3 is 2.25 bits per heavy atom. The van der Waals surface area contributed by atoms with Gasteiger partial charge in [-0.15, -0.1) is 12.4 Å². The van der Waals surface area contributed by atoms with Gasteiger partial charge < -0.3 is 10.4 Å². The number of nitrogens with one attached hydrogen (secondary N) is 1. The van der Waals surface area contributed by atoms with Crippen LogP contribution in [0.15, 0.2) is 42.6 Å². The van der Waals surface area contributed by atoms with Gasteiger partial charge in [-0.2, -0.15) is 0 Å². The van der Waals surface area contributed by atoms with Crippen LogP contribution in [0.5, 0.6) is 0 Å². The summed E-state index contributed by atoms with van der Waals surface area (Å²) in [5.41, 5.74) is 1.57. The SMILES string of the molecule is CC(C)c1ccc(C(O)(c2ccnc(Cl)c2)C2(C)CNC2)cc1.Cl. The molecule has 3 nitrogen and oxygen atoms in total. The average molecular weight is 367 g/mol. The van der Waals surface area contributed by atoms with Gasteiger partial charge in [0.1, 0.15) is 10.8 Å². The van der Waals surface area contributed by atoms with Crippen molar-refractivity contribution in [3.8, 4) is 0 Å². The molecule has 1 saturated heterocycles. The van der Waals surface area contributed by atoms with E-state index in [1.807, 2.05) is 18.2 Å². The van der Waals surface area contributed by atoms with E-state index in [2.05, 4.69) is 43.2 Å². The number of hydrogen-bond donors (Lipinski definition) is 2. The van der Waals surface area contributed by atoms with Crippen molar-refractivity contribution in [3.05, 3.63) is 64.4 Å². The molecule has 0 radical (unpaired) electrons. The Balaban J connectivity index is 0.00000208. The Kier molecular flexibility index (Phi) is 5.61. The molecule has 2 N–H and O–H groups in total. The molecule has 1 aliphatic heterocycles. The van der Waals surface area contributed by atoms with Crippen LogP contribution in [0.25, 0.3) is 0 Å². The minimum atomic E-state index is -1.10. The van der Waals surface area contributed by atoms with E-state index in [1.54, 1.807) is 12.3 Å². The predicted octanol–water partition coefficient (Wildman–Crippen LogP) is 4.13. The van der Waals surface area contributed by atoms with Crippen LogP contribution < -0.4 is 5.32 Å². The molecule has 3 rings (SSSR count). The Labute approximate surface area is 154 Å². The third-order valence-electron chi connectivity index (χ3n) is 5.04. The maximum Gasteiger partial charge on any atom is 0.129 e. The lowest BCUT2D eigenvalue weighted by atomic mass is 9.63. The summed E-state index contributed by atoms with van der Waals surface area (Å²) in [7, 11) is 0. The number of rotatable bonds is 4. The van der Waals surface area contributed by atoms with Crippen molar-refractivity contribution < 1.29 is 5.11 Å². The molecule has 0 aliphatic carbocycles. The highest BCUT2D eigenvalue weighted by atomic mass is 35.5. The van der Waals surface area contributed by atoms with E-state index in [1.165, 1.54) is 5.56 Å². The van der Waals surface area contributed by atoms with Crippen LogP contribution in [0.3, 0.4) is 0 Å². The molecular formula is C19H24Cl2N2O. The van der Waals surface area contributed by atoms with Gasteiger partial charge in [-0.25, -0.2) is 4.98 Å². The zero-order valence-corrected chi connectivity index (χ0v) is 15.8. The highest BCUT2D eigenvalue weighted by Gasteiger charge is 2.53. The number of hydrogen-bond acceptors (Lipinski definition) is 3. The lowest BCUT2D eigenvalue weighted by molar-refractivity contribution is -0.0767. The van der Waals surface area contributed by atoms with Crippen molar-refractivity contribution in [1.29, 1.82) is 0 Å². The fourth-order valence-electron chi connectivity index (χ4n) is 3.36. The number of nitrogens with zero attached hydrogens (tertiary/aromatic N) is 1. The minimum Gasteiger partial charge on any atom is -0.380 e. The summed E-state index contributed by atoms with van der Waals surface area (Å²) in [5.74, 6) is 0.466. The maximum atomic E-state index is 11.8. The van der Waals surface area contributed by atoms with Gasteiger partial charge in [0.15, 0.2) is 0 Å². The van der Waals surface area contributed by atoms with Crippen molar-refractivity contribution in [2.75, 3.05) is 13.1 Å². The largest absolute Gasteiger partial charge is 0.380 e. The lowest BCUT2D eigenvalue weighted by Gasteiger charge is -2.52. The molecule has 24 heavy (non-hydrogen) atoms. The van der Waals surface area contributed by atoms with Crippen molar-refractivity contribution in [1.82, 2.24) is 10.3 Å². The zero-order valence-electron chi connectivity index (χ0n) is 14.2. The van der Waals surface area contributed by atoms with Crippen LogP contribution in [0.4, 0.5) is 0 Å². The highest BCUT2D eigenvalue weighted by Crippen LogP contribution is 2.47. The summed E-state index contributed by atoms with van der Waals surface area (Å²) >= 11 is 6.08. The van der Waals surface area contributed by atoms with E-state index >= 15 is 0 Å². The van der Waals surface area contributed by atoms with E-state index in [0.717, 1.165) is 24.2 Å². The third kappa shape index (κ3) is 3.06. The highest BCUT2D eigenvalue weighted by molar-refractivity contribution is 6.29. The minimum absolute atomic E-state index is 0. The van der Waals surface area contributed by atoms with E-state index < -0.39 is 5.60 Å². The van der Waals surface area contributed by atoms with Gasteiger partial charge in [0, 0.05) is 24.7 Å². The molecule has 1 fully saturated rings. The van der Waals surface area contributed by atoms with Gasteiger partial charge in [0.25, 0.3) is 0 Å². The average Bonchev–Trinajstić information content (AvgIpc) is 2.52. The molecule has 1 aromatic heterocycles. The van der Waals surface area contributed by atoms with Crippen molar-refractivity contribution in [2.45, 2.75) is 32.3 Å². The molecule has 1 atom stereocenters. The van der Waals surface area contributed by atoms with Gasteiger partial charge >= 0.3 is 0 Å². The summed E-state index contributed by atoms with van der Waals surface area (Å²) in [6.45, 7) is 7.96. The number of benzene rings is 1. The first kappa shape index (κ1) is 19.2. The lowest BCUT2D eigenvalue weighted by Crippen LogP contribution is -2.63. The molecule has 5 heteroatoms. The normalized spacial score (nSPS) is 18.4. The summed E-state index contributed by atoms with van der Waals surface area (Å²) in [6, 6.07) is 11.9. The number of halogens is 2. The molecular weight excluding hydrogens is 343 g/mol. The Morgan fingerprint density at radius 2 is 1.79 bits per heavy atom. The van der Waals surface area contributed by atoms with Gasteiger partial charge in [-0.3, -0.25) is 0 Å². The first-order valence-corrected chi connectivity index (χ1v) is 8.40. The second kappa shape index (κ2) is 7.01. The zero-order chi connectivity index (χ0) is 16.7. The van der Waals surface area contributed by atoms with Crippen molar-refractivity contribution in [3.63, 3.8) is 0 Å². The summed E-state index contributed by atoms with van der Waals surface area (Å²) in [6.07, 6.45) is 1.65. The molecule has 0 spiro atoms.